The number of piperidine rings is 1. The molecule has 6 nitrogen and oxygen atoms in total. The third-order valence-corrected chi connectivity index (χ3v) is 6.76. The lowest BCUT2D eigenvalue weighted by Gasteiger charge is -2.33. The summed E-state index contributed by atoms with van der Waals surface area (Å²) >= 11 is 1.86. The molecule has 3 rings (SSSR count). The minimum Gasteiger partial charge on any atom is -0.356 e. The quantitative estimate of drug-likeness (QED) is 0.538. The Balaban J connectivity index is 1.46. The standard InChI is InChI=1S/C22H36N6S/c1-16(12-21-17(2)26-27(5)18(21)3)25-22(23-4)24-13-19-8-6-10-28(14-19)15-20-9-7-11-29-20/h7,9,11,16,19H,6,8,10,12-15H2,1-5H3,(H2,23,24,25). The molecule has 1 aliphatic rings. The van der Waals surface area contributed by atoms with Crippen molar-refractivity contribution in [2.45, 2.75) is 52.6 Å². The lowest BCUT2D eigenvalue weighted by molar-refractivity contribution is 0.169. The molecule has 0 bridgehead atoms. The van der Waals surface area contributed by atoms with Crippen LogP contribution >= 0.6 is 11.3 Å². The summed E-state index contributed by atoms with van der Waals surface area (Å²) in [7, 11) is 3.86. The SMILES string of the molecule is CN=C(NCC1CCCN(Cc2cccs2)C1)NC(C)Cc1c(C)nn(C)c1C. The maximum Gasteiger partial charge on any atom is 0.191 e. The average molecular weight is 417 g/mol. The summed E-state index contributed by atoms with van der Waals surface area (Å²) < 4.78 is 1.97. The van der Waals surface area contributed by atoms with E-state index in [2.05, 4.69) is 63.9 Å². The van der Waals surface area contributed by atoms with Crippen molar-refractivity contribution in [1.82, 2.24) is 25.3 Å². The number of hydrogen-bond donors (Lipinski definition) is 2. The molecule has 3 heterocycles. The summed E-state index contributed by atoms with van der Waals surface area (Å²) in [5, 5.41) is 13.8. The van der Waals surface area contributed by atoms with Gasteiger partial charge in [0.1, 0.15) is 0 Å². The number of thiophene rings is 1. The molecule has 0 saturated carbocycles. The minimum atomic E-state index is 0.296. The first-order valence-corrected chi connectivity index (χ1v) is 11.5. The molecule has 0 aliphatic carbocycles. The minimum absolute atomic E-state index is 0.296. The van der Waals surface area contributed by atoms with Gasteiger partial charge in [0, 0.05) is 50.3 Å². The van der Waals surface area contributed by atoms with E-state index in [-0.39, 0.29) is 0 Å². The Kier molecular flexibility index (Phi) is 7.72. The highest BCUT2D eigenvalue weighted by Gasteiger charge is 2.21. The van der Waals surface area contributed by atoms with Gasteiger partial charge in [0.05, 0.1) is 5.69 Å². The summed E-state index contributed by atoms with van der Waals surface area (Å²) in [6.45, 7) is 10.9. The lowest BCUT2D eigenvalue weighted by atomic mass is 9.98. The van der Waals surface area contributed by atoms with Crippen LogP contribution in [-0.4, -0.2) is 53.4 Å². The summed E-state index contributed by atoms with van der Waals surface area (Å²) in [6.07, 6.45) is 3.51. The van der Waals surface area contributed by atoms with Gasteiger partial charge in [-0.3, -0.25) is 14.6 Å². The second-order valence-corrected chi connectivity index (χ2v) is 9.33. The Hall–Kier alpha value is -1.86. The number of aryl methyl sites for hydroxylation is 2. The van der Waals surface area contributed by atoms with Crippen molar-refractivity contribution in [2.75, 3.05) is 26.7 Å². The van der Waals surface area contributed by atoms with E-state index in [9.17, 15) is 0 Å². The van der Waals surface area contributed by atoms with Crippen LogP contribution in [0.25, 0.3) is 0 Å². The molecule has 2 unspecified atom stereocenters. The van der Waals surface area contributed by atoms with Gasteiger partial charge in [0.25, 0.3) is 0 Å². The molecule has 160 valence electrons. The zero-order valence-corrected chi connectivity index (χ0v) is 19.4. The summed E-state index contributed by atoms with van der Waals surface area (Å²) in [4.78, 5) is 8.50. The first-order chi connectivity index (χ1) is 14.0. The Morgan fingerprint density at radius 1 is 1.41 bits per heavy atom. The van der Waals surface area contributed by atoms with E-state index < -0.39 is 0 Å². The summed E-state index contributed by atoms with van der Waals surface area (Å²) in [5.74, 6) is 1.56. The highest BCUT2D eigenvalue weighted by Crippen LogP contribution is 2.20. The van der Waals surface area contributed by atoms with Gasteiger partial charge in [0.15, 0.2) is 5.96 Å². The van der Waals surface area contributed by atoms with Crippen LogP contribution in [0, 0.1) is 19.8 Å². The third-order valence-electron chi connectivity index (χ3n) is 5.90. The predicted octanol–water partition coefficient (Wildman–Crippen LogP) is 3.11. The Labute approximate surface area is 179 Å². The third kappa shape index (κ3) is 6.06. The van der Waals surface area contributed by atoms with Crippen molar-refractivity contribution in [3.8, 4) is 0 Å². The number of hydrogen-bond acceptors (Lipinski definition) is 4. The van der Waals surface area contributed by atoms with Crippen molar-refractivity contribution >= 4 is 17.3 Å². The van der Waals surface area contributed by atoms with Crippen LogP contribution in [-0.2, 0) is 20.0 Å². The lowest BCUT2D eigenvalue weighted by Crippen LogP contribution is -2.47. The number of guanidine groups is 1. The van der Waals surface area contributed by atoms with Crippen LogP contribution in [0.15, 0.2) is 22.5 Å². The fourth-order valence-corrected chi connectivity index (χ4v) is 4.97. The molecular weight excluding hydrogens is 380 g/mol. The van der Waals surface area contributed by atoms with E-state index in [0.29, 0.717) is 12.0 Å². The second kappa shape index (κ2) is 10.3. The molecule has 1 saturated heterocycles. The number of nitrogens with zero attached hydrogens (tertiary/aromatic N) is 4. The van der Waals surface area contributed by atoms with E-state index in [4.69, 9.17) is 0 Å². The van der Waals surface area contributed by atoms with Gasteiger partial charge in [0.2, 0.25) is 0 Å². The van der Waals surface area contributed by atoms with E-state index in [1.54, 1.807) is 0 Å². The van der Waals surface area contributed by atoms with Crippen molar-refractivity contribution in [1.29, 1.82) is 0 Å². The maximum atomic E-state index is 4.53. The van der Waals surface area contributed by atoms with Gasteiger partial charge in [-0.05, 0) is 69.5 Å². The molecule has 0 amide bonds. The van der Waals surface area contributed by atoms with Crippen molar-refractivity contribution in [2.24, 2.45) is 18.0 Å². The smallest absolute Gasteiger partial charge is 0.191 e. The Bertz CT molecular complexity index is 795. The summed E-state index contributed by atoms with van der Waals surface area (Å²) in [5.41, 5.74) is 3.70. The Morgan fingerprint density at radius 2 is 2.24 bits per heavy atom. The van der Waals surface area contributed by atoms with Crippen molar-refractivity contribution < 1.29 is 0 Å². The molecule has 29 heavy (non-hydrogen) atoms. The Morgan fingerprint density at radius 3 is 2.90 bits per heavy atom. The highest BCUT2D eigenvalue weighted by molar-refractivity contribution is 7.09. The molecule has 2 N–H and O–H groups in total. The monoisotopic (exact) mass is 416 g/mol. The predicted molar refractivity (Wildman–Crippen MR) is 123 cm³/mol. The first kappa shape index (κ1) is 21.8. The van der Waals surface area contributed by atoms with Gasteiger partial charge >= 0.3 is 0 Å². The van der Waals surface area contributed by atoms with E-state index in [0.717, 1.165) is 37.7 Å². The largest absolute Gasteiger partial charge is 0.356 e. The number of nitrogens with one attached hydrogen (secondary N) is 2. The van der Waals surface area contributed by atoms with E-state index in [1.165, 1.54) is 35.5 Å². The second-order valence-electron chi connectivity index (χ2n) is 8.30. The molecule has 1 aliphatic heterocycles. The molecule has 7 heteroatoms. The molecule has 2 aromatic heterocycles. The normalized spacial score (nSPS) is 19.3. The van der Waals surface area contributed by atoms with Gasteiger partial charge in [-0.15, -0.1) is 11.3 Å². The van der Waals surface area contributed by atoms with Crippen LogP contribution in [0.1, 0.15) is 41.6 Å². The summed E-state index contributed by atoms with van der Waals surface area (Å²) in [6, 6.07) is 4.68. The van der Waals surface area contributed by atoms with E-state index >= 15 is 0 Å². The van der Waals surface area contributed by atoms with Gasteiger partial charge in [-0.25, -0.2) is 0 Å². The van der Waals surface area contributed by atoms with E-state index in [1.807, 2.05) is 30.1 Å². The van der Waals surface area contributed by atoms with Crippen LogP contribution < -0.4 is 10.6 Å². The maximum absolute atomic E-state index is 4.53. The topological polar surface area (TPSA) is 57.5 Å². The average Bonchev–Trinajstić information content (AvgIpc) is 3.29. The molecule has 0 aromatic carbocycles. The molecule has 0 spiro atoms. The van der Waals surface area contributed by atoms with Crippen LogP contribution in [0.2, 0.25) is 0 Å². The van der Waals surface area contributed by atoms with Gasteiger partial charge in [-0.1, -0.05) is 6.07 Å². The first-order valence-electron chi connectivity index (χ1n) is 10.7. The number of aliphatic imine (C=N–C) groups is 1. The fourth-order valence-electron chi connectivity index (χ4n) is 4.22. The van der Waals surface area contributed by atoms with Crippen molar-refractivity contribution in [3.63, 3.8) is 0 Å². The molecule has 0 radical (unpaired) electrons. The number of aromatic nitrogens is 2. The molecule has 2 aromatic rings. The van der Waals surface area contributed by atoms with Crippen LogP contribution in [0.5, 0.6) is 0 Å². The highest BCUT2D eigenvalue weighted by atomic mass is 32.1. The number of rotatable bonds is 7. The fraction of sp³-hybridized carbons (Fsp3) is 0.636. The zero-order chi connectivity index (χ0) is 20.8. The zero-order valence-electron chi connectivity index (χ0n) is 18.5. The molecule has 1 fully saturated rings. The molecule has 2 atom stereocenters. The van der Waals surface area contributed by atoms with Crippen molar-refractivity contribution in [3.05, 3.63) is 39.3 Å². The molecular formula is C22H36N6S. The van der Waals surface area contributed by atoms with Gasteiger partial charge in [-0.2, -0.15) is 5.10 Å². The van der Waals surface area contributed by atoms with Crippen LogP contribution in [0.3, 0.4) is 0 Å². The van der Waals surface area contributed by atoms with Gasteiger partial charge < -0.3 is 10.6 Å². The number of likely N-dealkylation sites (tertiary alicyclic amines) is 1. The van der Waals surface area contributed by atoms with Crippen LogP contribution in [0.4, 0.5) is 0 Å².